The summed E-state index contributed by atoms with van der Waals surface area (Å²) in [5.74, 6) is 3.76. The molecule has 2 atom stereocenters. The maximum atomic E-state index is 5.98. The SMILES string of the molecule is CN=C(NCC1COc2ccccc2O1)NCC1CCOc2ccccc21. The van der Waals surface area contributed by atoms with E-state index >= 15 is 0 Å². The van der Waals surface area contributed by atoms with Crippen molar-refractivity contribution >= 4 is 5.96 Å². The zero-order valence-electron chi connectivity index (χ0n) is 15.5. The molecule has 0 aliphatic carbocycles. The molecule has 142 valence electrons. The maximum Gasteiger partial charge on any atom is 0.191 e. The van der Waals surface area contributed by atoms with E-state index in [0.717, 1.165) is 42.8 Å². The average molecular weight is 367 g/mol. The zero-order valence-corrected chi connectivity index (χ0v) is 15.5. The fraction of sp³-hybridized carbons (Fsp3) is 0.381. The first kappa shape index (κ1) is 17.5. The third-order valence-corrected chi connectivity index (χ3v) is 4.89. The summed E-state index contributed by atoms with van der Waals surface area (Å²) in [6.45, 7) is 2.71. The molecule has 2 N–H and O–H groups in total. The Hall–Kier alpha value is -2.89. The Labute approximate surface area is 159 Å². The van der Waals surface area contributed by atoms with Crippen LogP contribution in [0, 0.1) is 0 Å². The molecule has 6 heteroatoms. The van der Waals surface area contributed by atoms with Gasteiger partial charge in [-0.1, -0.05) is 30.3 Å². The third kappa shape index (κ3) is 4.10. The van der Waals surface area contributed by atoms with Gasteiger partial charge in [0.25, 0.3) is 0 Å². The summed E-state index contributed by atoms with van der Waals surface area (Å²) in [5.41, 5.74) is 1.26. The molecular weight excluding hydrogens is 342 g/mol. The Morgan fingerprint density at radius 2 is 1.70 bits per heavy atom. The molecule has 0 aromatic heterocycles. The molecular formula is C21H25N3O3. The molecule has 4 rings (SSSR count). The molecule has 2 aliphatic heterocycles. The van der Waals surface area contributed by atoms with Crippen LogP contribution in [0.5, 0.6) is 17.2 Å². The molecule has 2 heterocycles. The van der Waals surface area contributed by atoms with Gasteiger partial charge >= 0.3 is 0 Å². The molecule has 27 heavy (non-hydrogen) atoms. The minimum Gasteiger partial charge on any atom is -0.493 e. The van der Waals surface area contributed by atoms with Gasteiger partial charge in [0.05, 0.1) is 13.2 Å². The van der Waals surface area contributed by atoms with E-state index in [9.17, 15) is 0 Å². The molecule has 0 amide bonds. The Morgan fingerprint density at radius 3 is 2.56 bits per heavy atom. The van der Waals surface area contributed by atoms with Crippen LogP contribution in [0.3, 0.4) is 0 Å². The summed E-state index contributed by atoms with van der Waals surface area (Å²) in [6.07, 6.45) is 0.944. The number of fused-ring (bicyclic) bond motifs is 2. The number of hydrogen-bond donors (Lipinski definition) is 2. The second-order valence-electron chi connectivity index (χ2n) is 6.70. The van der Waals surface area contributed by atoms with Gasteiger partial charge in [-0.2, -0.15) is 0 Å². The Morgan fingerprint density at radius 1 is 0.963 bits per heavy atom. The van der Waals surface area contributed by atoms with E-state index in [4.69, 9.17) is 14.2 Å². The van der Waals surface area contributed by atoms with Crippen molar-refractivity contribution in [2.24, 2.45) is 4.99 Å². The van der Waals surface area contributed by atoms with Gasteiger partial charge in [-0.05, 0) is 30.2 Å². The van der Waals surface area contributed by atoms with E-state index in [-0.39, 0.29) is 6.10 Å². The Bertz CT molecular complexity index is 809. The molecule has 6 nitrogen and oxygen atoms in total. The highest BCUT2D eigenvalue weighted by molar-refractivity contribution is 5.79. The number of para-hydroxylation sites is 3. The van der Waals surface area contributed by atoms with E-state index in [0.29, 0.717) is 19.1 Å². The number of benzene rings is 2. The lowest BCUT2D eigenvalue weighted by Gasteiger charge is -2.28. The average Bonchev–Trinajstić information content (AvgIpc) is 2.74. The van der Waals surface area contributed by atoms with Crippen LogP contribution in [0.2, 0.25) is 0 Å². The van der Waals surface area contributed by atoms with Gasteiger partial charge in [0.15, 0.2) is 17.5 Å². The number of ether oxygens (including phenoxy) is 3. The second-order valence-corrected chi connectivity index (χ2v) is 6.70. The monoisotopic (exact) mass is 367 g/mol. The van der Waals surface area contributed by atoms with Crippen LogP contribution in [0.4, 0.5) is 0 Å². The first-order chi connectivity index (χ1) is 13.3. The van der Waals surface area contributed by atoms with Gasteiger partial charge in [-0.25, -0.2) is 0 Å². The highest BCUT2D eigenvalue weighted by atomic mass is 16.6. The van der Waals surface area contributed by atoms with Crippen molar-refractivity contribution in [2.45, 2.75) is 18.4 Å². The number of guanidine groups is 1. The first-order valence-electron chi connectivity index (χ1n) is 9.38. The lowest BCUT2D eigenvalue weighted by Crippen LogP contribution is -2.46. The second kappa shape index (κ2) is 8.20. The largest absolute Gasteiger partial charge is 0.493 e. The van der Waals surface area contributed by atoms with Crippen LogP contribution in [0.25, 0.3) is 0 Å². The van der Waals surface area contributed by atoms with Gasteiger partial charge in [0.2, 0.25) is 0 Å². The fourth-order valence-corrected chi connectivity index (χ4v) is 3.44. The Kier molecular flexibility index (Phi) is 5.32. The molecule has 0 saturated carbocycles. The quantitative estimate of drug-likeness (QED) is 0.642. The highest BCUT2D eigenvalue weighted by Gasteiger charge is 2.22. The molecule has 0 fully saturated rings. The lowest BCUT2D eigenvalue weighted by molar-refractivity contribution is 0.0936. The molecule has 0 saturated heterocycles. The van der Waals surface area contributed by atoms with Crippen molar-refractivity contribution in [3.05, 3.63) is 54.1 Å². The number of nitrogens with one attached hydrogen (secondary N) is 2. The molecule has 0 spiro atoms. The zero-order chi connectivity index (χ0) is 18.5. The normalized spacial score (nSPS) is 21.0. The van der Waals surface area contributed by atoms with Gasteiger partial charge in [0.1, 0.15) is 18.5 Å². The summed E-state index contributed by atoms with van der Waals surface area (Å²) in [6, 6.07) is 16.0. The van der Waals surface area contributed by atoms with E-state index < -0.39 is 0 Å². The van der Waals surface area contributed by atoms with Crippen LogP contribution in [0.1, 0.15) is 17.9 Å². The van der Waals surface area contributed by atoms with Crippen molar-refractivity contribution in [1.82, 2.24) is 10.6 Å². The molecule has 2 aromatic carbocycles. The van der Waals surface area contributed by atoms with E-state index in [2.05, 4.69) is 27.8 Å². The number of hydrogen-bond acceptors (Lipinski definition) is 4. The number of nitrogens with zero attached hydrogens (tertiary/aromatic N) is 1. The van der Waals surface area contributed by atoms with E-state index in [1.54, 1.807) is 7.05 Å². The lowest BCUT2D eigenvalue weighted by atomic mass is 9.93. The summed E-state index contributed by atoms with van der Waals surface area (Å²) in [4.78, 5) is 4.32. The van der Waals surface area contributed by atoms with Gasteiger partial charge < -0.3 is 24.8 Å². The van der Waals surface area contributed by atoms with Crippen LogP contribution >= 0.6 is 0 Å². The number of rotatable bonds is 4. The topological polar surface area (TPSA) is 64.1 Å². The smallest absolute Gasteiger partial charge is 0.191 e. The highest BCUT2D eigenvalue weighted by Crippen LogP contribution is 2.33. The summed E-state index contributed by atoms with van der Waals surface area (Å²) < 4.78 is 17.5. The fourth-order valence-electron chi connectivity index (χ4n) is 3.44. The van der Waals surface area contributed by atoms with Crippen LogP contribution in [-0.4, -0.2) is 45.4 Å². The predicted octanol–water partition coefficient (Wildman–Crippen LogP) is 2.56. The van der Waals surface area contributed by atoms with Crippen molar-refractivity contribution < 1.29 is 14.2 Å². The molecule has 2 unspecified atom stereocenters. The number of aliphatic imine (C=N–C) groups is 1. The summed E-state index contributed by atoms with van der Waals surface area (Å²) in [7, 11) is 1.78. The molecule has 2 aromatic rings. The van der Waals surface area contributed by atoms with Gasteiger partial charge in [-0.3, -0.25) is 4.99 Å². The molecule has 0 radical (unpaired) electrons. The standard InChI is InChI=1S/C21H25N3O3/c1-22-21(23-12-15-10-11-25-18-7-3-2-6-17(15)18)24-13-16-14-26-19-8-4-5-9-20(19)27-16/h2-9,15-16H,10-14H2,1H3,(H2,22,23,24). The van der Waals surface area contributed by atoms with E-state index in [1.807, 2.05) is 36.4 Å². The maximum absolute atomic E-state index is 5.98. The minimum atomic E-state index is -0.0535. The van der Waals surface area contributed by atoms with Crippen LogP contribution in [0.15, 0.2) is 53.5 Å². The predicted molar refractivity (Wildman–Crippen MR) is 105 cm³/mol. The first-order valence-corrected chi connectivity index (χ1v) is 9.38. The Balaban J connectivity index is 1.29. The van der Waals surface area contributed by atoms with E-state index in [1.165, 1.54) is 5.56 Å². The van der Waals surface area contributed by atoms with Crippen molar-refractivity contribution in [1.29, 1.82) is 0 Å². The van der Waals surface area contributed by atoms with Crippen molar-refractivity contribution in [3.8, 4) is 17.2 Å². The third-order valence-electron chi connectivity index (χ3n) is 4.89. The van der Waals surface area contributed by atoms with Crippen LogP contribution < -0.4 is 24.8 Å². The summed E-state index contributed by atoms with van der Waals surface area (Å²) >= 11 is 0. The van der Waals surface area contributed by atoms with Crippen molar-refractivity contribution in [2.75, 3.05) is 33.4 Å². The minimum absolute atomic E-state index is 0.0535. The van der Waals surface area contributed by atoms with Crippen molar-refractivity contribution in [3.63, 3.8) is 0 Å². The molecule has 2 aliphatic rings. The van der Waals surface area contributed by atoms with Gasteiger partial charge in [-0.15, -0.1) is 0 Å². The summed E-state index contributed by atoms with van der Waals surface area (Å²) in [5, 5.41) is 6.76. The van der Waals surface area contributed by atoms with Gasteiger partial charge in [0, 0.05) is 19.5 Å². The molecule has 0 bridgehead atoms. The van der Waals surface area contributed by atoms with Crippen LogP contribution in [-0.2, 0) is 0 Å².